The first-order valence-corrected chi connectivity index (χ1v) is 7.02. The highest BCUT2D eigenvalue weighted by Gasteiger charge is 2.46. The molecule has 0 bridgehead atoms. The van der Waals surface area contributed by atoms with Crippen LogP contribution in [0.25, 0.3) is 6.08 Å². The summed E-state index contributed by atoms with van der Waals surface area (Å²) in [5.74, 6) is 0.391. The summed E-state index contributed by atoms with van der Waals surface area (Å²) < 4.78 is 5.23. The number of nitrogens with one attached hydrogen (secondary N) is 1. The predicted octanol–water partition coefficient (Wildman–Crippen LogP) is 2.41. The fourth-order valence-corrected chi connectivity index (χ4v) is 2.07. The third kappa shape index (κ3) is 3.00. The van der Waals surface area contributed by atoms with Gasteiger partial charge in [0.2, 0.25) is 0 Å². The van der Waals surface area contributed by atoms with E-state index in [1.54, 1.807) is 26.2 Å². The van der Waals surface area contributed by atoms with E-state index in [4.69, 9.17) is 4.74 Å². The van der Waals surface area contributed by atoms with E-state index < -0.39 is 11.6 Å². The van der Waals surface area contributed by atoms with Crippen molar-refractivity contribution in [1.82, 2.24) is 10.3 Å². The summed E-state index contributed by atoms with van der Waals surface area (Å²) in [6, 6.07) is 7.01. The number of benzene rings is 1. The zero-order valence-electron chi connectivity index (χ0n) is 12.9. The van der Waals surface area contributed by atoms with E-state index >= 15 is 0 Å². The molecule has 0 aliphatic carbocycles. The van der Waals surface area contributed by atoms with Crippen LogP contribution in [0, 0.1) is 0 Å². The minimum atomic E-state index is -0.874. The standard InChI is InChI=1S/C16H19N3O3/c1-4-16(2)14(20)19(15(21)18-16)17-11-7-9-12-8-5-6-10-13(12)22-3/h5-11H,4H2,1-3H3,(H,18,21)/b9-7-,17-11?/t16-/m0/s1. The molecule has 1 N–H and O–H groups in total. The van der Waals surface area contributed by atoms with Crippen molar-refractivity contribution in [2.24, 2.45) is 5.10 Å². The maximum atomic E-state index is 12.1. The number of ether oxygens (including phenoxy) is 1. The minimum absolute atomic E-state index is 0.345. The molecule has 1 aromatic rings. The monoisotopic (exact) mass is 301 g/mol. The number of allylic oxidation sites excluding steroid dienone is 1. The number of hydrogen-bond donors (Lipinski definition) is 1. The van der Waals surface area contributed by atoms with Gasteiger partial charge in [0.25, 0.3) is 5.91 Å². The summed E-state index contributed by atoms with van der Waals surface area (Å²) in [6.07, 6.45) is 5.37. The van der Waals surface area contributed by atoms with Crippen LogP contribution in [0.15, 0.2) is 35.4 Å². The van der Waals surface area contributed by atoms with Crippen LogP contribution < -0.4 is 10.1 Å². The van der Waals surface area contributed by atoms with Gasteiger partial charge in [0.05, 0.1) is 7.11 Å². The van der Waals surface area contributed by atoms with Crippen LogP contribution in [0.5, 0.6) is 5.75 Å². The Balaban J connectivity index is 2.08. The van der Waals surface area contributed by atoms with Crippen molar-refractivity contribution < 1.29 is 14.3 Å². The Labute approximate surface area is 129 Å². The van der Waals surface area contributed by atoms with Gasteiger partial charge in [0.1, 0.15) is 11.3 Å². The Kier molecular flexibility index (Phi) is 4.60. The summed E-state index contributed by atoms with van der Waals surface area (Å²) >= 11 is 0. The Bertz CT molecular complexity index is 639. The van der Waals surface area contributed by atoms with Gasteiger partial charge in [-0.3, -0.25) is 4.79 Å². The molecule has 1 saturated heterocycles. The summed E-state index contributed by atoms with van der Waals surface area (Å²) in [4.78, 5) is 23.9. The van der Waals surface area contributed by atoms with Crippen molar-refractivity contribution >= 4 is 24.2 Å². The maximum Gasteiger partial charge on any atom is 0.346 e. The number of rotatable bonds is 5. The van der Waals surface area contributed by atoms with Crippen molar-refractivity contribution in [2.45, 2.75) is 25.8 Å². The molecular weight excluding hydrogens is 282 g/mol. The van der Waals surface area contributed by atoms with Crippen LogP contribution in [-0.4, -0.2) is 35.8 Å². The number of amides is 3. The van der Waals surface area contributed by atoms with Gasteiger partial charge in [-0.1, -0.05) is 25.1 Å². The van der Waals surface area contributed by atoms with Gasteiger partial charge in [0, 0.05) is 11.8 Å². The summed E-state index contributed by atoms with van der Waals surface area (Å²) in [5.41, 5.74) is 0.00731. The smallest absolute Gasteiger partial charge is 0.346 e. The number of carbonyl (C=O) groups excluding carboxylic acids is 2. The Morgan fingerprint density at radius 2 is 2.09 bits per heavy atom. The van der Waals surface area contributed by atoms with E-state index in [1.807, 2.05) is 31.2 Å². The number of imide groups is 1. The van der Waals surface area contributed by atoms with Gasteiger partial charge >= 0.3 is 6.03 Å². The van der Waals surface area contributed by atoms with Gasteiger partial charge in [-0.25, -0.2) is 4.79 Å². The van der Waals surface area contributed by atoms with Crippen LogP contribution in [0.2, 0.25) is 0 Å². The quantitative estimate of drug-likeness (QED) is 0.670. The zero-order valence-corrected chi connectivity index (χ0v) is 12.9. The topological polar surface area (TPSA) is 71.0 Å². The molecule has 1 aliphatic rings. The molecule has 22 heavy (non-hydrogen) atoms. The summed E-state index contributed by atoms with van der Waals surface area (Å²) in [6.45, 7) is 3.53. The molecular formula is C16H19N3O3. The zero-order chi connectivity index (χ0) is 16.2. The third-order valence-corrected chi connectivity index (χ3v) is 3.63. The predicted molar refractivity (Wildman–Crippen MR) is 84.6 cm³/mol. The van der Waals surface area contributed by atoms with Crippen molar-refractivity contribution in [3.63, 3.8) is 0 Å². The average molecular weight is 301 g/mol. The number of para-hydroxylation sites is 1. The third-order valence-electron chi connectivity index (χ3n) is 3.63. The molecule has 116 valence electrons. The normalized spacial score (nSPS) is 21.9. The lowest BCUT2D eigenvalue weighted by Crippen LogP contribution is -2.42. The molecule has 6 heteroatoms. The second-order valence-corrected chi connectivity index (χ2v) is 5.10. The van der Waals surface area contributed by atoms with E-state index in [9.17, 15) is 9.59 Å². The first-order valence-electron chi connectivity index (χ1n) is 7.02. The largest absolute Gasteiger partial charge is 0.496 e. The first-order chi connectivity index (χ1) is 10.5. The molecule has 6 nitrogen and oxygen atoms in total. The Morgan fingerprint density at radius 1 is 1.36 bits per heavy atom. The molecule has 1 aromatic carbocycles. The van der Waals surface area contributed by atoms with E-state index in [-0.39, 0.29) is 5.91 Å². The van der Waals surface area contributed by atoms with E-state index in [0.29, 0.717) is 6.42 Å². The van der Waals surface area contributed by atoms with Crippen LogP contribution in [-0.2, 0) is 4.79 Å². The van der Waals surface area contributed by atoms with E-state index in [1.165, 1.54) is 6.21 Å². The first kappa shape index (κ1) is 15.8. The van der Waals surface area contributed by atoms with Gasteiger partial charge in [-0.15, -0.1) is 5.01 Å². The highest BCUT2D eigenvalue weighted by Crippen LogP contribution is 2.21. The molecule has 2 rings (SSSR count). The van der Waals surface area contributed by atoms with Crippen molar-refractivity contribution in [3.8, 4) is 5.75 Å². The molecule has 1 aliphatic heterocycles. The number of hydrazone groups is 1. The molecule has 0 aromatic heterocycles. The fourth-order valence-electron chi connectivity index (χ4n) is 2.07. The lowest BCUT2D eigenvalue weighted by Gasteiger charge is -2.17. The van der Waals surface area contributed by atoms with E-state index in [0.717, 1.165) is 16.3 Å². The molecule has 1 fully saturated rings. The fraction of sp³-hybridized carbons (Fsp3) is 0.312. The van der Waals surface area contributed by atoms with Crippen molar-refractivity contribution in [1.29, 1.82) is 0 Å². The highest BCUT2D eigenvalue weighted by atomic mass is 16.5. The van der Waals surface area contributed by atoms with Gasteiger partial charge in [0.15, 0.2) is 0 Å². The molecule has 0 unspecified atom stereocenters. The highest BCUT2D eigenvalue weighted by molar-refractivity contribution is 6.07. The molecule has 3 amide bonds. The summed E-state index contributed by atoms with van der Waals surface area (Å²) in [5, 5.41) is 7.41. The Morgan fingerprint density at radius 3 is 2.73 bits per heavy atom. The number of carbonyl (C=O) groups is 2. The maximum absolute atomic E-state index is 12.1. The molecule has 1 atom stereocenters. The molecule has 0 saturated carbocycles. The lowest BCUT2D eigenvalue weighted by atomic mass is 10.00. The van der Waals surface area contributed by atoms with Crippen LogP contribution in [0.1, 0.15) is 25.8 Å². The number of hydrogen-bond acceptors (Lipinski definition) is 4. The number of methoxy groups -OCH3 is 1. The summed E-state index contributed by atoms with van der Waals surface area (Å²) in [7, 11) is 1.60. The van der Waals surface area contributed by atoms with Gasteiger partial charge in [-0.2, -0.15) is 5.10 Å². The average Bonchev–Trinajstić information content (AvgIpc) is 2.75. The number of nitrogens with zero attached hydrogens (tertiary/aromatic N) is 2. The number of urea groups is 1. The SMILES string of the molecule is CC[C@]1(C)NC(=O)N(N=C/C=C\c2ccccc2OC)C1=O. The van der Waals surface area contributed by atoms with Crippen molar-refractivity contribution in [3.05, 3.63) is 35.9 Å². The molecule has 0 radical (unpaired) electrons. The van der Waals surface area contributed by atoms with Crippen LogP contribution in [0.4, 0.5) is 4.79 Å². The second kappa shape index (κ2) is 6.43. The van der Waals surface area contributed by atoms with Gasteiger partial charge in [-0.05, 0) is 31.6 Å². The Hall–Kier alpha value is -2.63. The molecule has 1 heterocycles. The molecule has 0 spiro atoms. The minimum Gasteiger partial charge on any atom is -0.496 e. The second-order valence-electron chi connectivity index (χ2n) is 5.10. The lowest BCUT2D eigenvalue weighted by molar-refractivity contribution is -0.130. The van der Waals surface area contributed by atoms with E-state index in [2.05, 4.69) is 10.4 Å². The van der Waals surface area contributed by atoms with Crippen molar-refractivity contribution in [2.75, 3.05) is 7.11 Å². The van der Waals surface area contributed by atoms with Crippen LogP contribution >= 0.6 is 0 Å². The van der Waals surface area contributed by atoms with Gasteiger partial charge < -0.3 is 10.1 Å². The van der Waals surface area contributed by atoms with Crippen LogP contribution in [0.3, 0.4) is 0 Å².